The second kappa shape index (κ2) is 16.5. The highest BCUT2D eigenvalue weighted by Crippen LogP contribution is 2.56. The normalized spacial score (nSPS) is 19.4. The minimum Gasteiger partial charge on any atom is -0.311 e. The molecule has 0 fully saturated rings. The lowest BCUT2D eigenvalue weighted by Gasteiger charge is -2.49. The fourth-order valence-corrected chi connectivity index (χ4v) is 16.0. The van der Waals surface area contributed by atoms with Crippen molar-refractivity contribution in [1.82, 2.24) is 0 Å². The van der Waals surface area contributed by atoms with Crippen molar-refractivity contribution < 1.29 is 0 Å². The Morgan fingerprint density at radius 3 is 1.26 bits per heavy atom. The molecule has 0 N–H and O–H groups in total. The summed E-state index contributed by atoms with van der Waals surface area (Å²) in [5.74, 6) is 0. The second-order valence-electron chi connectivity index (χ2n) is 27.7. The van der Waals surface area contributed by atoms with Crippen LogP contribution in [0.1, 0.15) is 155 Å². The molecule has 5 heteroatoms. The summed E-state index contributed by atoms with van der Waals surface area (Å²) in [6.07, 6.45) is 6.98. The monoisotopic (exact) mass is 1020 g/mol. The van der Waals surface area contributed by atoms with Crippen LogP contribution in [0, 0.1) is 0 Å². The number of thiophene rings is 1. The largest absolute Gasteiger partial charge is 0.311 e. The van der Waals surface area contributed by atoms with Gasteiger partial charge in [0.25, 0.3) is 6.71 Å². The topological polar surface area (TPSA) is 9.72 Å². The molecule has 2 aliphatic heterocycles. The fourth-order valence-electron chi connectivity index (χ4n) is 15.0. The zero-order valence-corrected chi connectivity index (χ0v) is 48.4. The van der Waals surface area contributed by atoms with Crippen molar-refractivity contribution in [3.05, 3.63) is 191 Å². The average molecular weight is 1020 g/mol. The number of anilines is 9. The lowest BCUT2D eigenvalue weighted by molar-refractivity contribution is 0.332. The number of hydrogen-bond acceptors (Lipinski definition) is 4. The van der Waals surface area contributed by atoms with Gasteiger partial charge >= 0.3 is 0 Å². The van der Waals surface area contributed by atoms with E-state index in [1.807, 2.05) is 11.3 Å². The summed E-state index contributed by atoms with van der Waals surface area (Å²) in [4.78, 5) is 7.94. The molecule has 0 spiro atoms. The predicted molar refractivity (Wildman–Crippen MR) is 334 cm³/mol. The molecule has 1 aromatic heterocycles. The third-order valence-electron chi connectivity index (χ3n) is 20.0. The zero-order valence-electron chi connectivity index (χ0n) is 47.6. The first-order valence-corrected chi connectivity index (χ1v) is 29.6. The van der Waals surface area contributed by atoms with Crippen LogP contribution < -0.4 is 31.1 Å². The second-order valence-corrected chi connectivity index (χ2v) is 28.8. The molecule has 8 aromatic carbocycles. The molecule has 9 aromatic rings. The van der Waals surface area contributed by atoms with E-state index in [9.17, 15) is 0 Å². The van der Waals surface area contributed by atoms with Gasteiger partial charge in [0, 0.05) is 65.7 Å². The molecule has 0 unspecified atom stereocenters. The van der Waals surface area contributed by atoms with E-state index in [-0.39, 0.29) is 39.2 Å². The van der Waals surface area contributed by atoms with Gasteiger partial charge in [-0.15, -0.1) is 11.3 Å². The van der Waals surface area contributed by atoms with Crippen LogP contribution in [0.3, 0.4) is 0 Å². The van der Waals surface area contributed by atoms with E-state index in [0.717, 1.165) is 49.2 Å². The molecule has 0 radical (unpaired) electrons. The molecular formula is C72H74BN3S. The molecule has 386 valence electrons. The van der Waals surface area contributed by atoms with Crippen molar-refractivity contribution >= 4 is 106 Å². The standard InChI is InChI=1S/C72H74BN3S/c1-67(2)31-32-68(3,4)53-38-48(27-29-52(53)67)76-61-44-57-55(70(7,8)34-36-72(57,11)12)42-59(61)73-58-41-54-56(71(9,10)35-33-69(54,5)6)43-60(58)75(47-28-30-65-51(37-47)50-25-19-20-26-64(50)77-65)62-39-49(40-63(76)66(62)73)74(45-21-15-13-16-22-45)46-23-17-14-18-24-46/h13-30,37-44H,31-36H2,1-12H3. The summed E-state index contributed by atoms with van der Waals surface area (Å²) in [5, 5.41) is 2.64. The average Bonchev–Trinajstić information content (AvgIpc) is 3.82. The molecule has 3 nitrogen and oxygen atoms in total. The summed E-state index contributed by atoms with van der Waals surface area (Å²) < 4.78 is 2.65. The van der Waals surface area contributed by atoms with Crippen LogP contribution in [-0.4, -0.2) is 6.71 Å². The lowest BCUT2D eigenvalue weighted by Crippen LogP contribution is -2.62. The Hall–Kier alpha value is -6.56. The maximum absolute atomic E-state index is 2.74. The van der Waals surface area contributed by atoms with Gasteiger partial charge in [-0.05, 0) is 206 Å². The molecule has 0 atom stereocenters. The minimum absolute atomic E-state index is 0.00845. The highest BCUT2D eigenvalue weighted by atomic mass is 32.1. The van der Waals surface area contributed by atoms with Crippen molar-refractivity contribution in [3.8, 4) is 0 Å². The number of para-hydroxylation sites is 2. The molecule has 0 bridgehead atoms. The van der Waals surface area contributed by atoms with Crippen molar-refractivity contribution in [2.45, 2.75) is 154 Å². The third kappa shape index (κ3) is 7.34. The van der Waals surface area contributed by atoms with E-state index in [0.29, 0.717) is 0 Å². The van der Waals surface area contributed by atoms with Crippen molar-refractivity contribution in [2.24, 2.45) is 0 Å². The van der Waals surface area contributed by atoms with Gasteiger partial charge in [-0.3, -0.25) is 0 Å². The first-order valence-electron chi connectivity index (χ1n) is 28.7. The van der Waals surface area contributed by atoms with E-state index in [1.165, 1.54) is 110 Å². The zero-order chi connectivity index (χ0) is 53.3. The predicted octanol–water partition coefficient (Wildman–Crippen LogP) is 18.7. The van der Waals surface area contributed by atoms with Gasteiger partial charge in [0.1, 0.15) is 0 Å². The highest BCUT2D eigenvalue weighted by Gasteiger charge is 2.49. The van der Waals surface area contributed by atoms with Gasteiger partial charge in [0.15, 0.2) is 0 Å². The molecule has 14 rings (SSSR count). The van der Waals surface area contributed by atoms with Gasteiger partial charge in [-0.2, -0.15) is 0 Å². The maximum atomic E-state index is 2.74. The summed E-state index contributed by atoms with van der Waals surface area (Å²) in [5.41, 5.74) is 24.3. The molecule has 3 aliphatic carbocycles. The highest BCUT2D eigenvalue weighted by molar-refractivity contribution is 7.25. The number of benzene rings is 8. The van der Waals surface area contributed by atoms with Gasteiger partial charge in [-0.1, -0.05) is 156 Å². The Balaban J connectivity index is 1.16. The van der Waals surface area contributed by atoms with Gasteiger partial charge in [0.05, 0.1) is 5.69 Å². The molecule has 0 saturated carbocycles. The molecule has 0 saturated heterocycles. The van der Waals surface area contributed by atoms with Crippen molar-refractivity contribution in [1.29, 1.82) is 0 Å². The number of rotatable bonds is 5. The Morgan fingerprint density at radius 2 is 0.753 bits per heavy atom. The molecule has 5 aliphatic rings. The SMILES string of the molecule is CC1(C)CCC(C)(C)c2cc(N3c4cc5c(cc4B4c6cc7c(cc6N(c6ccc8sc9ccccc9c8c6)c6cc(N(c8ccccc8)c8ccccc8)cc3c64)C(C)(C)CCC7(C)C)C(C)(C)CCC5(C)C)ccc21. The van der Waals surface area contributed by atoms with Crippen LogP contribution in [0.25, 0.3) is 20.2 Å². The third-order valence-corrected chi connectivity index (χ3v) is 21.1. The van der Waals surface area contributed by atoms with Crippen LogP contribution in [0.2, 0.25) is 0 Å². The van der Waals surface area contributed by atoms with Crippen LogP contribution in [0.15, 0.2) is 158 Å². The first kappa shape index (κ1) is 48.8. The Bertz CT molecular complexity index is 3870. The fraction of sp³-hybridized carbons (Fsp3) is 0.333. The van der Waals surface area contributed by atoms with Gasteiger partial charge < -0.3 is 14.7 Å². The molecule has 0 amide bonds. The number of nitrogens with zero attached hydrogens (tertiary/aromatic N) is 3. The first-order chi connectivity index (χ1) is 36.6. The van der Waals surface area contributed by atoms with Crippen LogP contribution >= 0.6 is 11.3 Å². The Morgan fingerprint density at radius 1 is 0.351 bits per heavy atom. The summed E-state index contributed by atoms with van der Waals surface area (Å²) in [7, 11) is 0. The van der Waals surface area contributed by atoms with Gasteiger partial charge in [-0.25, -0.2) is 0 Å². The van der Waals surface area contributed by atoms with Crippen molar-refractivity contribution in [2.75, 3.05) is 14.7 Å². The summed E-state index contributed by atoms with van der Waals surface area (Å²) >= 11 is 1.90. The summed E-state index contributed by atoms with van der Waals surface area (Å²) in [6.45, 7) is 29.9. The quantitative estimate of drug-likeness (QED) is 0.159. The van der Waals surface area contributed by atoms with E-state index >= 15 is 0 Å². The number of hydrogen-bond donors (Lipinski definition) is 0. The molecule has 3 heterocycles. The number of fused-ring (bicyclic) bond motifs is 10. The molecule has 77 heavy (non-hydrogen) atoms. The van der Waals surface area contributed by atoms with E-state index in [2.05, 4.69) is 256 Å². The van der Waals surface area contributed by atoms with E-state index < -0.39 is 0 Å². The lowest BCUT2D eigenvalue weighted by atomic mass is 9.32. The van der Waals surface area contributed by atoms with Crippen LogP contribution in [0.5, 0.6) is 0 Å². The summed E-state index contributed by atoms with van der Waals surface area (Å²) in [6, 6.07) is 62.0. The Kier molecular flexibility index (Phi) is 10.5. The molecular weight excluding hydrogens is 950 g/mol. The minimum atomic E-state index is -0.0237. The smallest absolute Gasteiger partial charge is 0.252 e. The Labute approximate surface area is 463 Å². The van der Waals surface area contributed by atoms with E-state index in [1.54, 1.807) is 0 Å². The van der Waals surface area contributed by atoms with Crippen LogP contribution in [-0.2, 0) is 32.5 Å². The van der Waals surface area contributed by atoms with Crippen LogP contribution in [0.4, 0.5) is 51.2 Å². The van der Waals surface area contributed by atoms with Gasteiger partial charge in [0.2, 0.25) is 0 Å². The maximum Gasteiger partial charge on any atom is 0.252 e. The van der Waals surface area contributed by atoms with Crippen molar-refractivity contribution in [3.63, 3.8) is 0 Å². The van der Waals surface area contributed by atoms with E-state index in [4.69, 9.17) is 0 Å².